The van der Waals surface area contributed by atoms with Crippen LogP contribution >= 0.6 is 0 Å². The molecule has 0 radical (unpaired) electrons. The van der Waals surface area contributed by atoms with Crippen molar-refractivity contribution in [3.63, 3.8) is 0 Å². The molecule has 2 nitrogen and oxygen atoms in total. The number of aryl methyl sites for hydroxylation is 1. The quantitative estimate of drug-likeness (QED) is 0.180. The van der Waals surface area contributed by atoms with Crippen LogP contribution in [-0.2, 0) is 6.42 Å². The van der Waals surface area contributed by atoms with Gasteiger partial charge in [0.1, 0.15) is 5.75 Å². The van der Waals surface area contributed by atoms with E-state index in [0.29, 0.717) is 0 Å². The fourth-order valence-electron chi connectivity index (χ4n) is 5.21. The fourth-order valence-corrected chi connectivity index (χ4v) is 5.21. The van der Waals surface area contributed by atoms with Crippen LogP contribution < -0.4 is 4.74 Å². The molecule has 2 heteroatoms. The average molecular weight is 460 g/mol. The highest BCUT2D eigenvalue weighted by Crippen LogP contribution is 2.24. The zero-order chi connectivity index (χ0) is 24.5. The SMILES string of the molecule is CCCN(CCC(C)CCCCCCCCc1c(C)cccc1OC)CC[C@@H](C)CC(C)C. The minimum Gasteiger partial charge on any atom is -0.496 e. The van der Waals surface area contributed by atoms with Crippen molar-refractivity contribution in [2.24, 2.45) is 17.8 Å². The molecule has 1 aromatic rings. The van der Waals surface area contributed by atoms with Gasteiger partial charge >= 0.3 is 0 Å². The smallest absolute Gasteiger partial charge is 0.122 e. The molecular weight excluding hydrogens is 402 g/mol. The normalized spacial score (nSPS) is 13.6. The van der Waals surface area contributed by atoms with E-state index in [1.807, 2.05) is 0 Å². The van der Waals surface area contributed by atoms with Crippen LogP contribution in [0.1, 0.15) is 116 Å². The second-order valence-corrected chi connectivity index (χ2v) is 11.2. The van der Waals surface area contributed by atoms with Crippen LogP contribution in [0, 0.1) is 24.7 Å². The first-order chi connectivity index (χ1) is 15.9. The van der Waals surface area contributed by atoms with Gasteiger partial charge in [0.25, 0.3) is 0 Å². The molecule has 192 valence electrons. The summed E-state index contributed by atoms with van der Waals surface area (Å²) in [5.74, 6) is 3.62. The Morgan fingerprint density at radius 2 is 1.42 bits per heavy atom. The van der Waals surface area contributed by atoms with Crippen molar-refractivity contribution in [1.82, 2.24) is 4.90 Å². The molecule has 0 aliphatic rings. The molecule has 0 aliphatic carbocycles. The van der Waals surface area contributed by atoms with Crippen molar-refractivity contribution >= 4 is 0 Å². The minimum absolute atomic E-state index is 0.830. The molecule has 0 N–H and O–H groups in total. The molecule has 0 bridgehead atoms. The molecule has 0 amide bonds. The van der Waals surface area contributed by atoms with E-state index in [2.05, 4.69) is 64.6 Å². The van der Waals surface area contributed by atoms with E-state index in [-0.39, 0.29) is 0 Å². The van der Waals surface area contributed by atoms with Gasteiger partial charge in [-0.25, -0.2) is 0 Å². The monoisotopic (exact) mass is 459 g/mol. The molecule has 33 heavy (non-hydrogen) atoms. The Kier molecular flexibility index (Phi) is 16.7. The van der Waals surface area contributed by atoms with Gasteiger partial charge in [-0.15, -0.1) is 0 Å². The van der Waals surface area contributed by atoms with Crippen molar-refractivity contribution < 1.29 is 4.74 Å². The predicted octanol–water partition coefficient (Wildman–Crippen LogP) is 9.09. The highest BCUT2D eigenvalue weighted by atomic mass is 16.5. The second kappa shape index (κ2) is 18.3. The van der Waals surface area contributed by atoms with Crippen molar-refractivity contribution in [2.75, 3.05) is 26.7 Å². The largest absolute Gasteiger partial charge is 0.496 e. The summed E-state index contributed by atoms with van der Waals surface area (Å²) in [5.41, 5.74) is 2.77. The summed E-state index contributed by atoms with van der Waals surface area (Å²) >= 11 is 0. The Hall–Kier alpha value is -1.02. The van der Waals surface area contributed by atoms with Crippen LogP contribution in [-0.4, -0.2) is 31.6 Å². The Balaban J connectivity index is 2.11. The third-order valence-corrected chi connectivity index (χ3v) is 7.25. The van der Waals surface area contributed by atoms with Crippen LogP contribution in [0.25, 0.3) is 0 Å². The number of unbranched alkanes of at least 4 members (excludes halogenated alkanes) is 5. The fraction of sp³-hybridized carbons (Fsp3) is 0.806. The lowest BCUT2D eigenvalue weighted by atomic mass is 9.95. The Morgan fingerprint density at radius 3 is 2.06 bits per heavy atom. The standard InChI is InChI=1S/C31H57NO/c1-8-22-32(24-21-28(5)25-26(2)3)23-20-27(4)16-13-11-9-10-12-14-18-30-29(6)17-15-19-31(30)33-7/h15,17,19,26-28H,8-14,16,18,20-25H2,1-7H3/t27?,28-/m1/s1. The molecule has 1 rings (SSSR count). The molecule has 0 aromatic heterocycles. The van der Waals surface area contributed by atoms with Crippen LogP contribution in [0.15, 0.2) is 18.2 Å². The van der Waals surface area contributed by atoms with E-state index in [1.54, 1.807) is 7.11 Å². The summed E-state index contributed by atoms with van der Waals surface area (Å²) in [5, 5.41) is 0. The van der Waals surface area contributed by atoms with E-state index in [1.165, 1.54) is 101 Å². The molecule has 0 saturated carbocycles. The van der Waals surface area contributed by atoms with Crippen LogP contribution in [0.2, 0.25) is 0 Å². The van der Waals surface area contributed by atoms with Gasteiger partial charge in [0.15, 0.2) is 0 Å². The third-order valence-electron chi connectivity index (χ3n) is 7.25. The molecule has 0 spiro atoms. The lowest BCUT2D eigenvalue weighted by Crippen LogP contribution is -2.29. The van der Waals surface area contributed by atoms with E-state index in [4.69, 9.17) is 4.74 Å². The van der Waals surface area contributed by atoms with Gasteiger partial charge in [-0.1, -0.05) is 85.3 Å². The van der Waals surface area contributed by atoms with Gasteiger partial charge in [0, 0.05) is 0 Å². The highest BCUT2D eigenvalue weighted by molar-refractivity contribution is 5.39. The average Bonchev–Trinajstić information content (AvgIpc) is 2.77. The number of hydrogen-bond donors (Lipinski definition) is 0. The van der Waals surface area contributed by atoms with Gasteiger partial charge < -0.3 is 9.64 Å². The first-order valence-electron chi connectivity index (χ1n) is 14.2. The van der Waals surface area contributed by atoms with Crippen molar-refractivity contribution in [3.8, 4) is 5.75 Å². The number of methoxy groups -OCH3 is 1. The van der Waals surface area contributed by atoms with Crippen molar-refractivity contribution in [3.05, 3.63) is 29.3 Å². The maximum atomic E-state index is 5.54. The summed E-state index contributed by atoms with van der Waals surface area (Å²) in [7, 11) is 1.79. The maximum Gasteiger partial charge on any atom is 0.122 e. The van der Waals surface area contributed by atoms with Gasteiger partial charge in [-0.3, -0.25) is 0 Å². The summed E-state index contributed by atoms with van der Waals surface area (Å²) < 4.78 is 5.54. The molecule has 0 saturated heterocycles. The van der Waals surface area contributed by atoms with Gasteiger partial charge in [0.2, 0.25) is 0 Å². The molecule has 2 atom stereocenters. The zero-order valence-corrected chi connectivity index (χ0v) is 23.4. The van der Waals surface area contributed by atoms with Crippen molar-refractivity contribution in [2.45, 2.75) is 119 Å². The lowest BCUT2D eigenvalue weighted by Gasteiger charge is -2.25. The predicted molar refractivity (Wildman–Crippen MR) is 148 cm³/mol. The van der Waals surface area contributed by atoms with E-state index < -0.39 is 0 Å². The number of nitrogens with zero attached hydrogens (tertiary/aromatic N) is 1. The summed E-state index contributed by atoms with van der Waals surface area (Å²) in [6.07, 6.45) is 16.2. The van der Waals surface area contributed by atoms with E-state index >= 15 is 0 Å². The van der Waals surface area contributed by atoms with Gasteiger partial charge in [-0.2, -0.15) is 0 Å². The first-order valence-corrected chi connectivity index (χ1v) is 14.2. The van der Waals surface area contributed by atoms with Gasteiger partial charge in [0.05, 0.1) is 7.11 Å². The number of rotatable bonds is 20. The molecule has 1 unspecified atom stereocenters. The summed E-state index contributed by atoms with van der Waals surface area (Å²) in [6.45, 7) is 18.0. The van der Waals surface area contributed by atoms with Crippen LogP contribution in [0.3, 0.4) is 0 Å². The summed E-state index contributed by atoms with van der Waals surface area (Å²) in [4.78, 5) is 2.73. The van der Waals surface area contributed by atoms with Crippen LogP contribution in [0.4, 0.5) is 0 Å². The Labute approximate surface area is 207 Å². The lowest BCUT2D eigenvalue weighted by molar-refractivity contribution is 0.229. The van der Waals surface area contributed by atoms with Crippen molar-refractivity contribution in [1.29, 1.82) is 0 Å². The Morgan fingerprint density at radius 1 is 0.788 bits per heavy atom. The molecule has 1 aromatic carbocycles. The molecule has 0 heterocycles. The van der Waals surface area contributed by atoms with E-state index in [9.17, 15) is 0 Å². The number of hydrogen-bond acceptors (Lipinski definition) is 2. The first kappa shape index (κ1) is 30.0. The maximum absolute atomic E-state index is 5.54. The van der Waals surface area contributed by atoms with Crippen LogP contribution in [0.5, 0.6) is 5.75 Å². The number of ether oxygens (including phenoxy) is 1. The summed E-state index contributed by atoms with van der Waals surface area (Å²) in [6, 6.07) is 6.39. The third kappa shape index (κ3) is 14.1. The molecule has 0 fully saturated rings. The molecular formula is C31H57NO. The Bertz CT molecular complexity index is 597. The second-order valence-electron chi connectivity index (χ2n) is 11.2. The van der Waals surface area contributed by atoms with E-state index in [0.717, 1.165) is 29.9 Å². The number of benzene rings is 1. The molecule has 0 aliphatic heterocycles. The topological polar surface area (TPSA) is 12.5 Å². The minimum atomic E-state index is 0.830. The van der Waals surface area contributed by atoms with Gasteiger partial charge in [-0.05, 0) is 100 Å². The highest BCUT2D eigenvalue weighted by Gasteiger charge is 2.11. The zero-order valence-electron chi connectivity index (χ0n) is 23.4.